The van der Waals surface area contributed by atoms with Crippen molar-refractivity contribution in [1.29, 1.82) is 0 Å². The van der Waals surface area contributed by atoms with Crippen molar-refractivity contribution in [2.45, 2.75) is 172 Å². The number of ether oxygens (including phenoxy) is 3. The van der Waals surface area contributed by atoms with E-state index >= 15 is 0 Å². The number of carbonyl (C=O) groups excluding carboxylic acids is 2. The van der Waals surface area contributed by atoms with Gasteiger partial charge in [0.05, 0.1) is 25.4 Å². The lowest BCUT2D eigenvalue weighted by atomic mass is 10.1. The zero-order valence-electron chi connectivity index (χ0n) is 42.8. The average molecular weight is 1080 g/mol. The molecular formula is C52H81N3O17P2. The Labute approximate surface area is 435 Å². The van der Waals surface area contributed by atoms with Crippen molar-refractivity contribution in [1.82, 2.24) is 9.55 Å². The number of nitrogens with zero attached hydrogens (tertiary/aromatic N) is 2. The normalized spacial score (nSPS) is 20.5. The summed E-state index contributed by atoms with van der Waals surface area (Å²) in [6, 6.07) is 1.23. The number of hydrogen-bond donors (Lipinski definition) is 7. The molecule has 1 aliphatic rings. The summed E-state index contributed by atoms with van der Waals surface area (Å²) in [5, 5.41) is 41.4. The molecule has 8 N–H and O–H groups in total. The summed E-state index contributed by atoms with van der Waals surface area (Å²) in [6.45, 7) is 1.76. The van der Waals surface area contributed by atoms with Crippen LogP contribution in [0.15, 0.2) is 114 Å². The lowest BCUT2D eigenvalue weighted by molar-refractivity contribution is -0.161. The molecule has 1 aromatic heterocycles. The maximum absolute atomic E-state index is 12.9. The number of nitrogens with two attached hydrogens (primary N) is 1. The van der Waals surface area contributed by atoms with Crippen molar-refractivity contribution in [3.05, 3.63) is 120 Å². The second-order valence-corrected chi connectivity index (χ2v) is 20.4. The number of hydrogen-bond acceptors (Lipinski definition) is 17. The lowest BCUT2D eigenvalue weighted by Crippen LogP contribution is -2.36. The molecule has 1 aliphatic heterocycles. The number of esters is 2. The van der Waals surface area contributed by atoms with Gasteiger partial charge in [-0.15, -0.1) is 0 Å². The van der Waals surface area contributed by atoms with E-state index in [4.69, 9.17) is 29.0 Å². The van der Waals surface area contributed by atoms with Gasteiger partial charge in [0.1, 0.15) is 30.7 Å². The monoisotopic (exact) mass is 1080 g/mol. The van der Waals surface area contributed by atoms with Crippen molar-refractivity contribution in [2.75, 3.05) is 25.6 Å². The SMILES string of the molecule is CCCCC/C=C\C/C=C\C/C=C\C/C=C\CCCC(=O)OC[C@H](COP(=O)(O)OP(=O)(O)OC[C@H]1O[C@@H](n2ccc(N)nc2=O)[C@H](O)[C@@H]1O)OC(=O)CCC[C@@H](O)\C=C/C=C/C=C/[C@@H](O)C/C=C\CCCCC. The number of allylic oxidation sites excluding steroid dienone is 13. The number of unbranched alkanes of at least 4 members (excludes halogenated alkanes) is 7. The molecule has 0 spiro atoms. The minimum atomic E-state index is -5.51. The third-order valence-corrected chi connectivity index (χ3v) is 13.4. The van der Waals surface area contributed by atoms with Gasteiger partial charge in [-0.3, -0.25) is 23.2 Å². The van der Waals surface area contributed by atoms with Gasteiger partial charge in [0, 0.05) is 19.0 Å². The Kier molecular flexibility index (Phi) is 34.7. The van der Waals surface area contributed by atoms with E-state index in [-0.39, 0.29) is 31.5 Å². The molecule has 416 valence electrons. The van der Waals surface area contributed by atoms with Gasteiger partial charge in [-0.25, -0.2) is 13.9 Å². The fourth-order valence-electron chi connectivity index (χ4n) is 6.79. The molecule has 1 saturated heterocycles. The summed E-state index contributed by atoms with van der Waals surface area (Å²) in [6.07, 6.45) is 35.4. The second-order valence-electron chi connectivity index (χ2n) is 17.4. The van der Waals surface area contributed by atoms with E-state index in [1.54, 1.807) is 30.4 Å². The minimum Gasteiger partial charge on any atom is -0.462 e. The first-order chi connectivity index (χ1) is 35.5. The van der Waals surface area contributed by atoms with Crippen LogP contribution in [0.1, 0.15) is 136 Å². The number of anilines is 1. The van der Waals surface area contributed by atoms with Crippen molar-refractivity contribution < 1.29 is 76.5 Å². The Bertz CT molecular complexity index is 2160. The Morgan fingerprint density at radius 1 is 0.730 bits per heavy atom. The summed E-state index contributed by atoms with van der Waals surface area (Å²) in [7, 11) is -11.0. The Morgan fingerprint density at radius 3 is 1.89 bits per heavy atom. The summed E-state index contributed by atoms with van der Waals surface area (Å²) < 4.78 is 56.5. The van der Waals surface area contributed by atoms with E-state index < -0.39 is 95.9 Å². The molecule has 22 heteroatoms. The van der Waals surface area contributed by atoms with E-state index in [1.165, 1.54) is 37.8 Å². The maximum atomic E-state index is 12.9. The van der Waals surface area contributed by atoms with E-state index in [9.17, 15) is 53.7 Å². The van der Waals surface area contributed by atoms with Crippen LogP contribution < -0.4 is 11.4 Å². The van der Waals surface area contributed by atoms with E-state index in [2.05, 4.69) is 65.7 Å². The first-order valence-electron chi connectivity index (χ1n) is 25.5. The molecule has 0 radical (unpaired) electrons. The highest BCUT2D eigenvalue weighted by atomic mass is 31.3. The number of carbonyl (C=O) groups is 2. The van der Waals surface area contributed by atoms with Crippen LogP contribution in [-0.4, -0.2) is 108 Å². The second kappa shape index (κ2) is 39.0. The molecule has 74 heavy (non-hydrogen) atoms. The molecular weight excluding hydrogens is 1000 g/mol. The Balaban J connectivity index is 1.91. The first kappa shape index (κ1) is 65.7. The van der Waals surface area contributed by atoms with Gasteiger partial charge < -0.3 is 50.2 Å². The van der Waals surface area contributed by atoms with Crippen LogP contribution in [0.25, 0.3) is 0 Å². The quantitative estimate of drug-likeness (QED) is 0.0107. The number of nitrogen functional groups attached to an aromatic ring is 1. The van der Waals surface area contributed by atoms with Gasteiger partial charge in [0.15, 0.2) is 12.3 Å². The zero-order chi connectivity index (χ0) is 54.5. The molecule has 1 fully saturated rings. The largest absolute Gasteiger partial charge is 0.481 e. The van der Waals surface area contributed by atoms with Gasteiger partial charge in [0.2, 0.25) is 0 Å². The molecule has 2 rings (SSSR count). The first-order valence-corrected chi connectivity index (χ1v) is 28.5. The molecule has 0 aromatic carbocycles. The van der Waals surface area contributed by atoms with E-state index in [0.29, 0.717) is 19.3 Å². The van der Waals surface area contributed by atoms with Gasteiger partial charge >= 0.3 is 33.3 Å². The molecule has 20 nitrogen and oxygen atoms in total. The van der Waals surface area contributed by atoms with Gasteiger partial charge in [-0.2, -0.15) is 9.29 Å². The number of aromatic nitrogens is 2. The van der Waals surface area contributed by atoms with E-state index in [0.717, 1.165) is 55.7 Å². The van der Waals surface area contributed by atoms with Crippen LogP contribution in [0.5, 0.6) is 0 Å². The molecule has 1 aromatic rings. The molecule has 2 heterocycles. The molecule has 0 bridgehead atoms. The van der Waals surface area contributed by atoms with Crippen molar-refractivity contribution in [3.63, 3.8) is 0 Å². The minimum absolute atomic E-state index is 0.00728. The predicted molar refractivity (Wildman–Crippen MR) is 282 cm³/mol. The highest BCUT2D eigenvalue weighted by Gasteiger charge is 2.46. The number of phosphoric acid groups is 2. The Hall–Kier alpha value is -4.40. The average Bonchev–Trinajstić information content (AvgIpc) is 3.63. The zero-order valence-corrected chi connectivity index (χ0v) is 44.6. The number of phosphoric ester groups is 2. The van der Waals surface area contributed by atoms with Crippen LogP contribution in [-0.2, 0) is 46.3 Å². The van der Waals surface area contributed by atoms with Crippen LogP contribution >= 0.6 is 15.6 Å². The summed E-state index contributed by atoms with van der Waals surface area (Å²) >= 11 is 0. The molecule has 0 aliphatic carbocycles. The summed E-state index contributed by atoms with van der Waals surface area (Å²) in [5.74, 6) is -1.63. The fourth-order valence-corrected chi connectivity index (χ4v) is 8.90. The fraction of sp³-hybridized carbons (Fsp3) is 0.577. The predicted octanol–water partition coefficient (Wildman–Crippen LogP) is 8.38. The summed E-state index contributed by atoms with van der Waals surface area (Å²) in [4.78, 5) is 61.9. The standard InChI is InChI=1S/C52H81N3O17P2/c1-3-5-7-9-11-12-13-14-15-16-17-18-19-20-21-23-29-35-47(58)67-39-44(70-48(59)36-30-34-43(57)33-28-25-24-27-32-42(56)31-26-22-10-8-6-4-2)40-68-73(63,64)72-74(65,66)69-41-45-49(60)50(61)51(71-45)55-38-37-46(53)54-52(55)62/h11-12,14-15,17-18,20-22,24-28,32-33,37-38,42-45,49-51,56-57,60-61H,3-10,13,16,19,23,29-31,34-36,39-41H2,1-2H3,(H,63,64)(H,65,66)(H2,53,54,62)/b12-11-,15-14-,18-17-,21-20-,25-24+,26-22-,32-27+,33-28-/t42-,43-,44+,45+,49+,50+,51+/m0/s1. The molecule has 9 atom stereocenters. The third-order valence-electron chi connectivity index (χ3n) is 10.8. The highest BCUT2D eigenvalue weighted by Crippen LogP contribution is 2.60. The third kappa shape index (κ3) is 31.5. The van der Waals surface area contributed by atoms with Crippen LogP contribution in [0.2, 0.25) is 0 Å². The number of aliphatic hydroxyl groups is 4. The number of aliphatic hydroxyl groups excluding tert-OH is 4. The Morgan fingerprint density at radius 2 is 1.28 bits per heavy atom. The van der Waals surface area contributed by atoms with Gasteiger partial charge in [0.25, 0.3) is 0 Å². The van der Waals surface area contributed by atoms with Gasteiger partial charge in [-0.1, -0.05) is 137 Å². The molecule has 0 amide bonds. The van der Waals surface area contributed by atoms with E-state index in [1.807, 2.05) is 18.2 Å². The van der Waals surface area contributed by atoms with Crippen molar-refractivity contribution >= 4 is 33.4 Å². The highest BCUT2D eigenvalue weighted by molar-refractivity contribution is 7.61. The topological polar surface area (TPSA) is 306 Å². The molecule has 2 unspecified atom stereocenters. The van der Waals surface area contributed by atoms with Crippen LogP contribution in [0.3, 0.4) is 0 Å². The lowest BCUT2D eigenvalue weighted by Gasteiger charge is -2.21. The summed E-state index contributed by atoms with van der Waals surface area (Å²) in [5.41, 5.74) is 4.56. The van der Waals surface area contributed by atoms with Crippen molar-refractivity contribution in [2.24, 2.45) is 0 Å². The van der Waals surface area contributed by atoms with Crippen LogP contribution in [0, 0.1) is 0 Å². The number of rotatable bonds is 40. The van der Waals surface area contributed by atoms with Crippen LogP contribution in [0.4, 0.5) is 5.82 Å². The molecule has 0 saturated carbocycles. The van der Waals surface area contributed by atoms with Gasteiger partial charge in [-0.05, 0) is 83.1 Å². The van der Waals surface area contributed by atoms with Crippen molar-refractivity contribution in [3.8, 4) is 0 Å². The maximum Gasteiger partial charge on any atom is 0.481 e. The smallest absolute Gasteiger partial charge is 0.462 e.